The summed E-state index contributed by atoms with van der Waals surface area (Å²) in [7, 11) is 0. The lowest BCUT2D eigenvalue weighted by molar-refractivity contribution is 0.0889. The quantitative estimate of drug-likeness (QED) is 0.735. The summed E-state index contributed by atoms with van der Waals surface area (Å²) in [6.45, 7) is 6.01. The number of rotatable bonds is 1. The normalized spacial score (nSPS) is 14.8. The van der Waals surface area contributed by atoms with Crippen molar-refractivity contribution in [3.05, 3.63) is 69.8 Å². The second kappa shape index (κ2) is 4.41. The van der Waals surface area contributed by atoms with E-state index in [1.54, 1.807) is 24.3 Å². The Hall–Kier alpha value is -2.22. The monoisotopic (exact) mass is 264 g/mol. The number of carbonyl (C=O) groups is 2. The van der Waals surface area contributed by atoms with Crippen LogP contribution in [0.25, 0.3) is 0 Å². The molecule has 2 aromatic rings. The Labute approximate surface area is 118 Å². The average Bonchev–Trinajstić information content (AvgIpc) is 2.68. The van der Waals surface area contributed by atoms with Gasteiger partial charge in [0.2, 0.25) is 0 Å². The van der Waals surface area contributed by atoms with Gasteiger partial charge in [-0.15, -0.1) is 0 Å². The van der Waals surface area contributed by atoms with Crippen LogP contribution in [-0.4, -0.2) is 11.6 Å². The Kier molecular flexibility index (Phi) is 2.82. The van der Waals surface area contributed by atoms with E-state index in [9.17, 15) is 9.59 Å². The highest BCUT2D eigenvalue weighted by atomic mass is 16.2. The third-order valence-corrected chi connectivity index (χ3v) is 4.18. The molecule has 0 N–H and O–H groups in total. The van der Waals surface area contributed by atoms with Gasteiger partial charge in [0.1, 0.15) is 5.92 Å². The van der Waals surface area contributed by atoms with Crippen LogP contribution in [0.4, 0.5) is 0 Å². The van der Waals surface area contributed by atoms with E-state index in [1.165, 1.54) is 5.56 Å². The molecule has 0 unspecified atom stereocenters. The van der Waals surface area contributed by atoms with Crippen LogP contribution in [0.2, 0.25) is 0 Å². The molecule has 0 radical (unpaired) electrons. The van der Waals surface area contributed by atoms with Gasteiger partial charge >= 0.3 is 0 Å². The SMILES string of the molecule is Cc1cc(C)c(C2C(=O)c3ccccc3C2=O)cc1C. The number of hydrogen-bond acceptors (Lipinski definition) is 2. The maximum Gasteiger partial charge on any atom is 0.178 e. The zero-order chi connectivity index (χ0) is 14.4. The Balaban J connectivity index is 2.17. The van der Waals surface area contributed by atoms with Crippen molar-refractivity contribution in [3.8, 4) is 0 Å². The van der Waals surface area contributed by atoms with E-state index in [1.807, 2.05) is 32.9 Å². The van der Waals surface area contributed by atoms with Crippen molar-refractivity contribution in [1.29, 1.82) is 0 Å². The van der Waals surface area contributed by atoms with Gasteiger partial charge in [-0.25, -0.2) is 0 Å². The fourth-order valence-electron chi connectivity index (χ4n) is 2.92. The minimum atomic E-state index is -0.660. The van der Waals surface area contributed by atoms with Gasteiger partial charge in [-0.05, 0) is 43.0 Å². The molecule has 0 saturated heterocycles. The van der Waals surface area contributed by atoms with E-state index in [4.69, 9.17) is 0 Å². The predicted octanol–water partition coefficient (Wildman–Crippen LogP) is 3.77. The molecule has 0 saturated carbocycles. The second-order valence-corrected chi connectivity index (χ2v) is 5.50. The van der Waals surface area contributed by atoms with Crippen molar-refractivity contribution in [1.82, 2.24) is 0 Å². The Bertz CT molecular complexity index is 706. The summed E-state index contributed by atoms with van der Waals surface area (Å²) >= 11 is 0. The first-order chi connectivity index (χ1) is 9.50. The molecule has 2 aromatic carbocycles. The summed E-state index contributed by atoms with van der Waals surface area (Å²) in [6, 6.07) is 11.1. The van der Waals surface area contributed by atoms with Crippen molar-refractivity contribution < 1.29 is 9.59 Å². The summed E-state index contributed by atoms with van der Waals surface area (Å²) in [5, 5.41) is 0. The van der Waals surface area contributed by atoms with Gasteiger partial charge in [0.05, 0.1) is 0 Å². The third kappa shape index (κ3) is 1.72. The molecule has 20 heavy (non-hydrogen) atoms. The zero-order valence-corrected chi connectivity index (χ0v) is 11.9. The van der Waals surface area contributed by atoms with Gasteiger partial charge in [-0.1, -0.05) is 36.4 Å². The van der Waals surface area contributed by atoms with Crippen LogP contribution >= 0.6 is 0 Å². The molecule has 0 aliphatic heterocycles. The molecule has 0 spiro atoms. The molecule has 0 fully saturated rings. The molecular formula is C18H16O2. The summed E-state index contributed by atoms with van der Waals surface area (Å²) in [5.41, 5.74) is 5.26. The molecular weight excluding hydrogens is 248 g/mol. The van der Waals surface area contributed by atoms with Crippen LogP contribution in [0, 0.1) is 20.8 Å². The Morgan fingerprint density at radius 1 is 0.750 bits per heavy atom. The fourth-order valence-corrected chi connectivity index (χ4v) is 2.92. The number of hydrogen-bond donors (Lipinski definition) is 0. The fraction of sp³-hybridized carbons (Fsp3) is 0.222. The van der Waals surface area contributed by atoms with Gasteiger partial charge in [0.25, 0.3) is 0 Å². The average molecular weight is 264 g/mol. The molecule has 0 atom stereocenters. The molecule has 0 bridgehead atoms. The van der Waals surface area contributed by atoms with E-state index in [2.05, 4.69) is 0 Å². The molecule has 2 nitrogen and oxygen atoms in total. The topological polar surface area (TPSA) is 34.1 Å². The van der Waals surface area contributed by atoms with Crippen molar-refractivity contribution in [2.75, 3.05) is 0 Å². The van der Waals surface area contributed by atoms with Crippen LogP contribution in [0.3, 0.4) is 0 Å². The van der Waals surface area contributed by atoms with Gasteiger partial charge in [0.15, 0.2) is 11.6 Å². The maximum atomic E-state index is 12.5. The number of ketones is 2. The number of benzene rings is 2. The van der Waals surface area contributed by atoms with Crippen LogP contribution in [0.15, 0.2) is 36.4 Å². The maximum absolute atomic E-state index is 12.5. The van der Waals surface area contributed by atoms with Gasteiger partial charge in [0, 0.05) is 11.1 Å². The van der Waals surface area contributed by atoms with E-state index < -0.39 is 5.92 Å². The van der Waals surface area contributed by atoms with E-state index in [0.29, 0.717) is 11.1 Å². The van der Waals surface area contributed by atoms with Crippen LogP contribution < -0.4 is 0 Å². The lowest BCUT2D eigenvalue weighted by Crippen LogP contribution is -2.14. The van der Waals surface area contributed by atoms with Crippen molar-refractivity contribution in [2.24, 2.45) is 0 Å². The molecule has 0 heterocycles. The summed E-state index contributed by atoms with van der Waals surface area (Å²) < 4.78 is 0. The molecule has 3 rings (SSSR count). The lowest BCUT2D eigenvalue weighted by atomic mass is 9.88. The lowest BCUT2D eigenvalue weighted by Gasteiger charge is -2.13. The zero-order valence-electron chi connectivity index (χ0n) is 11.9. The molecule has 1 aliphatic carbocycles. The highest BCUT2D eigenvalue weighted by molar-refractivity contribution is 6.29. The predicted molar refractivity (Wildman–Crippen MR) is 78.5 cm³/mol. The summed E-state index contributed by atoms with van der Waals surface area (Å²) in [6.07, 6.45) is 0. The second-order valence-electron chi connectivity index (χ2n) is 5.50. The number of carbonyl (C=O) groups excluding carboxylic acids is 2. The van der Waals surface area contributed by atoms with Crippen LogP contribution in [0.1, 0.15) is 48.9 Å². The Morgan fingerprint density at radius 3 is 1.80 bits per heavy atom. The molecule has 1 aliphatic rings. The van der Waals surface area contributed by atoms with Gasteiger partial charge in [-0.2, -0.15) is 0 Å². The van der Waals surface area contributed by atoms with Crippen molar-refractivity contribution in [3.63, 3.8) is 0 Å². The number of aryl methyl sites for hydroxylation is 3. The summed E-state index contributed by atoms with van der Waals surface area (Å²) in [5.74, 6) is -0.805. The first-order valence-corrected chi connectivity index (χ1v) is 6.76. The minimum absolute atomic E-state index is 0.0723. The molecule has 100 valence electrons. The van der Waals surface area contributed by atoms with E-state index in [0.717, 1.165) is 16.7 Å². The van der Waals surface area contributed by atoms with Gasteiger partial charge in [-0.3, -0.25) is 9.59 Å². The smallest absolute Gasteiger partial charge is 0.178 e. The largest absolute Gasteiger partial charge is 0.293 e. The van der Waals surface area contributed by atoms with Crippen molar-refractivity contribution >= 4 is 11.6 Å². The first kappa shape index (κ1) is 12.8. The van der Waals surface area contributed by atoms with Crippen LogP contribution in [-0.2, 0) is 0 Å². The Morgan fingerprint density at radius 2 is 1.25 bits per heavy atom. The first-order valence-electron chi connectivity index (χ1n) is 6.76. The molecule has 0 amide bonds. The highest BCUT2D eigenvalue weighted by Gasteiger charge is 2.39. The van der Waals surface area contributed by atoms with Crippen molar-refractivity contribution in [2.45, 2.75) is 26.7 Å². The number of Topliss-reactive ketones (excluding diaryl/α,β-unsaturated/α-hetero) is 2. The highest BCUT2D eigenvalue weighted by Crippen LogP contribution is 2.36. The van der Waals surface area contributed by atoms with E-state index in [-0.39, 0.29) is 11.6 Å². The molecule has 0 aromatic heterocycles. The number of fused-ring (bicyclic) bond motifs is 1. The van der Waals surface area contributed by atoms with E-state index >= 15 is 0 Å². The minimum Gasteiger partial charge on any atom is -0.293 e. The van der Waals surface area contributed by atoms with Gasteiger partial charge < -0.3 is 0 Å². The summed E-state index contributed by atoms with van der Waals surface area (Å²) in [4.78, 5) is 25.1. The standard InChI is InChI=1S/C18H16O2/c1-10-8-12(3)15(9-11(10)2)16-17(19)13-6-4-5-7-14(13)18(16)20/h4-9,16H,1-3H3. The molecule has 2 heteroatoms. The third-order valence-electron chi connectivity index (χ3n) is 4.18. The van der Waals surface area contributed by atoms with Crippen LogP contribution in [0.5, 0.6) is 0 Å².